The van der Waals surface area contributed by atoms with Crippen LogP contribution in [0.1, 0.15) is 34.8 Å². The van der Waals surface area contributed by atoms with E-state index in [0.717, 1.165) is 73.8 Å². The molecule has 7 heteroatoms. The van der Waals surface area contributed by atoms with Gasteiger partial charge in [-0.2, -0.15) is 0 Å². The highest BCUT2D eigenvalue weighted by molar-refractivity contribution is 6.33. The Morgan fingerprint density at radius 1 is 1.00 bits per heavy atom. The van der Waals surface area contributed by atoms with E-state index in [1.165, 1.54) is 0 Å². The van der Waals surface area contributed by atoms with Crippen LogP contribution in [-0.2, 0) is 4.74 Å². The summed E-state index contributed by atoms with van der Waals surface area (Å²) < 4.78 is 5.43. The number of likely N-dealkylation sites (tertiary alicyclic amines) is 1. The first-order chi connectivity index (χ1) is 16.2. The Labute approximate surface area is 199 Å². The predicted octanol–water partition coefficient (Wildman–Crippen LogP) is 4.65. The van der Waals surface area contributed by atoms with E-state index in [-0.39, 0.29) is 11.8 Å². The van der Waals surface area contributed by atoms with Crippen LogP contribution in [0.25, 0.3) is 11.1 Å². The van der Waals surface area contributed by atoms with E-state index in [0.29, 0.717) is 11.6 Å². The molecule has 0 saturated carbocycles. The minimum absolute atomic E-state index is 0.0709. The number of carbonyl (C=O) groups is 1. The smallest absolute Gasteiger partial charge is 0.253 e. The van der Waals surface area contributed by atoms with Gasteiger partial charge in [0, 0.05) is 65.7 Å². The van der Waals surface area contributed by atoms with Crippen LogP contribution in [0.15, 0.2) is 61.1 Å². The SMILES string of the molecule is O=C(c1ccc(N2CCOCC2)cc1)N1CCC[C@H](c2ncncc2-c2ccccc2Cl)C1. The molecule has 2 fully saturated rings. The third-order valence-electron chi connectivity index (χ3n) is 6.49. The number of anilines is 1. The molecule has 1 atom stereocenters. The van der Waals surface area contributed by atoms with Crippen LogP contribution in [-0.4, -0.2) is 60.2 Å². The lowest BCUT2D eigenvalue weighted by Crippen LogP contribution is -2.39. The van der Waals surface area contributed by atoms with Gasteiger partial charge in [-0.05, 0) is 43.2 Å². The van der Waals surface area contributed by atoms with E-state index in [2.05, 4.69) is 14.9 Å². The molecule has 170 valence electrons. The number of hydrogen-bond acceptors (Lipinski definition) is 5. The fraction of sp³-hybridized carbons (Fsp3) is 0.346. The van der Waals surface area contributed by atoms with Crippen molar-refractivity contribution in [1.29, 1.82) is 0 Å². The normalized spacial score (nSPS) is 18.9. The minimum Gasteiger partial charge on any atom is -0.378 e. The fourth-order valence-electron chi connectivity index (χ4n) is 4.76. The van der Waals surface area contributed by atoms with Gasteiger partial charge in [0.2, 0.25) is 0 Å². The van der Waals surface area contributed by atoms with Gasteiger partial charge < -0.3 is 14.5 Å². The molecule has 0 radical (unpaired) electrons. The summed E-state index contributed by atoms with van der Waals surface area (Å²) in [5.74, 6) is 0.214. The van der Waals surface area contributed by atoms with Crippen LogP contribution in [0.5, 0.6) is 0 Å². The molecule has 6 nitrogen and oxygen atoms in total. The van der Waals surface area contributed by atoms with E-state index in [4.69, 9.17) is 16.3 Å². The van der Waals surface area contributed by atoms with Crippen LogP contribution in [0.3, 0.4) is 0 Å². The van der Waals surface area contributed by atoms with Gasteiger partial charge in [0.15, 0.2) is 0 Å². The summed E-state index contributed by atoms with van der Waals surface area (Å²) >= 11 is 6.47. The Bertz CT molecular complexity index is 1120. The summed E-state index contributed by atoms with van der Waals surface area (Å²) in [6, 6.07) is 15.7. The maximum Gasteiger partial charge on any atom is 0.253 e. The highest BCUT2D eigenvalue weighted by Crippen LogP contribution is 2.35. The third kappa shape index (κ3) is 4.72. The zero-order valence-corrected chi connectivity index (χ0v) is 19.2. The lowest BCUT2D eigenvalue weighted by Gasteiger charge is -2.33. The molecule has 1 amide bonds. The number of aromatic nitrogens is 2. The van der Waals surface area contributed by atoms with Crippen molar-refractivity contribution in [1.82, 2.24) is 14.9 Å². The van der Waals surface area contributed by atoms with Crippen molar-refractivity contribution in [2.75, 3.05) is 44.3 Å². The second-order valence-electron chi connectivity index (χ2n) is 8.54. The van der Waals surface area contributed by atoms with E-state index in [1.54, 1.807) is 6.33 Å². The quantitative estimate of drug-likeness (QED) is 0.564. The van der Waals surface area contributed by atoms with Crippen molar-refractivity contribution in [3.05, 3.63) is 77.3 Å². The number of hydrogen-bond donors (Lipinski definition) is 0. The van der Waals surface area contributed by atoms with Crippen LogP contribution < -0.4 is 4.90 Å². The number of piperidine rings is 1. The van der Waals surface area contributed by atoms with Gasteiger partial charge in [-0.15, -0.1) is 0 Å². The number of amides is 1. The largest absolute Gasteiger partial charge is 0.378 e. The summed E-state index contributed by atoms with van der Waals surface area (Å²) in [4.78, 5) is 26.4. The highest BCUT2D eigenvalue weighted by Gasteiger charge is 2.28. The van der Waals surface area contributed by atoms with E-state index in [9.17, 15) is 4.79 Å². The van der Waals surface area contributed by atoms with Crippen LogP contribution in [0.4, 0.5) is 5.69 Å². The van der Waals surface area contributed by atoms with Gasteiger partial charge in [0.1, 0.15) is 6.33 Å². The second-order valence-corrected chi connectivity index (χ2v) is 8.95. The summed E-state index contributed by atoms with van der Waals surface area (Å²) in [5, 5.41) is 0.678. The molecule has 2 aliphatic rings. The zero-order chi connectivity index (χ0) is 22.6. The number of rotatable bonds is 4. The minimum atomic E-state index is 0.0709. The Balaban J connectivity index is 1.33. The molecular weight excluding hydrogens is 436 g/mol. The van der Waals surface area contributed by atoms with Crippen molar-refractivity contribution >= 4 is 23.2 Å². The average Bonchev–Trinajstić information content (AvgIpc) is 2.89. The molecule has 33 heavy (non-hydrogen) atoms. The van der Waals surface area contributed by atoms with Gasteiger partial charge in [0.05, 0.1) is 18.9 Å². The zero-order valence-electron chi connectivity index (χ0n) is 18.5. The molecule has 2 aromatic carbocycles. The predicted molar refractivity (Wildman–Crippen MR) is 130 cm³/mol. The second kappa shape index (κ2) is 9.89. The monoisotopic (exact) mass is 462 g/mol. The molecule has 0 spiro atoms. The van der Waals surface area contributed by atoms with E-state index in [1.807, 2.05) is 59.6 Å². The summed E-state index contributed by atoms with van der Waals surface area (Å²) in [6.45, 7) is 4.65. The molecule has 0 bridgehead atoms. The summed E-state index contributed by atoms with van der Waals surface area (Å²) in [7, 11) is 0. The molecule has 0 unspecified atom stereocenters. The molecular formula is C26H27ClN4O2. The molecule has 3 heterocycles. The molecule has 1 aromatic heterocycles. The Hall–Kier alpha value is -2.96. The number of halogens is 1. The molecule has 0 aliphatic carbocycles. The third-order valence-corrected chi connectivity index (χ3v) is 6.82. The van der Waals surface area contributed by atoms with Crippen LogP contribution in [0, 0.1) is 0 Å². The summed E-state index contributed by atoms with van der Waals surface area (Å²) in [5.41, 5.74) is 4.69. The van der Waals surface area contributed by atoms with Gasteiger partial charge in [-0.25, -0.2) is 9.97 Å². The van der Waals surface area contributed by atoms with E-state index >= 15 is 0 Å². The van der Waals surface area contributed by atoms with Crippen LogP contribution >= 0.6 is 11.6 Å². The Morgan fingerprint density at radius 3 is 2.58 bits per heavy atom. The van der Waals surface area contributed by atoms with Gasteiger partial charge in [-0.3, -0.25) is 4.79 Å². The first-order valence-corrected chi connectivity index (χ1v) is 11.9. The van der Waals surface area contributed by atoms with Crippen molar-refractivity contribution in [2.45, 2.75) is 18.8 Å². The van der Waals surface area contributed by atoms with Crippen molar-refractivity contribution < 1.29 is 9.53 Å². The maximum atomic E-state index is 13.3. The first kappa shape index (κ1) is 21.9. The van der Waals surface area contributed by atoms with Gasteiger partial charge in [0.25, 0.3) is 5.91 Å². The molecule has 2 saturated heterocycles. The van der Waals surface area contributed by atoms with Gasteiger partial charge in [-0.1, -0.05) is 29.8 Å². The van der Waals surface area contributed by atoms with Crippen molar-refractivity contribution in [3.63, 3.8) is 0 Å². The number of carbonyl (C=O) groups excluding carboxylic acids is 1. The Kier molecular flexibility index (Phi) is 6.55. The number of morpholine rings is 1. The molecule has 3 aromatic rings. The van der Waals surface area contributed by atoms with E-state index < -0.39 is 0 Å². The average molecular weight is 463 g/mol. The Morgan fingerprint density at radius 2 is 1.79 bits per heavy atom. The van der Waals surface area contributed by atoms with Crippen molar-refractivity contribution in [3.8, 4) is 11.1 Å². The lowest BCUT2D eigenvalue weighted by molar-refractivity contribution is 0.0706. The maximum absolute atomic E-state index is 13.3. The number of benzene rings is 2. The molecule has 5 rings (SSSR count). The standard InChI is InChI=1S/C26H27ClN4O2/c27-24-6-2-1-5-22(24)23-16-28-18-29-25(23)20-4-3-11-31(17-20)26(32)19-7-9-21(10-8-19)30-12-14-33-15-13-30/h1-2,5-10,16,18,20H,3-4,11-15,17H2/t20-/m0/s1. The number of ether oxygens (including phenoxy) is 1. The lowest BCUT2D eigenvalue weighted by atomic mass is 9.89. The number of nitrogens with zero attached hydrogens (tertiary/aromatic N) is 4. The fourth-order valence-corrected chi connectivity index (χ4v) is 4.99. The highest BCUT2D eigenvalue weighted by atomic mass is 35.5. The topological polar surface area (TPSA) is 58.6 Å². The van der Waals surface area contributed by atoms with Crippen molar-refractivity contribution in [2.24, 2.45) is 0 Å². The summed E-state index contributed by atoms with van der Waals surface area (Å²) in [6.07, 6.45) is 5.33. The molecule has 0 N–H and O–H groups in total. The van der Waals surface area contributed by atoms with Crippen LogP contribution in [0.2, 0.25) is 5.02 Å². The van der Waals surface area contributed by atoms with Gasteiger partial charge >= 0.3 is 0 Å². The molecule has 2 aliphatic heterocycles. The first-order valence-electron chi connectivity index (χ1n) is 11.5.